The molecule has 1 aliphatic rings. The number of unbranched alkanes of at least 4 members (excludes halogenated alkanes) is 2. The number of nitrogens with zero attached hydrogens (tertiary/aromatic N) is 1. The van der Waals surface area contributed by atoms with Crippen molar-refractivity contribution in [3.63, 3.8) is 0 Å². The lowest BCUT2D eigenvalue weighted by molar-refractivity contribution is -0.141. The predicted molar refractivity (Wildman–Crippen MR) is 179 cm³/mol. The summed E-state index contributed by atoms with van der Waals surface area (Å²) < 4.78 is 84.9. The number of methoxy groups -OCH3 is 2. The van der Waals surface area contributed by atoms with Crippen molar-refractivity contribution in [1.29, 1.82) is 0 Å². The number of aromatic nitrogens is 1. The highest BCUT2D eigenvalue weighted by molar-refractivity contribution is 7.99. The van der Waals surface area contributed by atoms with Gasteiger partial charge in [0, 0.05) is 29.7 Å². The summed E-state index contributed by atoms with van der Waals surface area (Å²) in [6, 6.07) is 15.7. The number of pyridine rings is 1. The van der Waals surface area contributed by atoms with Gasteiger partial charge in [0.05, 0.1) is 42.5 Å². The minimum Gasteiger partial charge on any atom is -0.494 e. The Labute approximate surface area is 285 Å². The van der Waals surface area contributed by atoms with Gasteiger partial charge >= 0.3 is 12.1 Å². The number of thioether (sulfide) groups is 1. The van der Waals surface area contributed by atoms with Crippen LogP contribution in [-0.4, -0.2) is 37.1 Å². The van der Waals surface area contributed by atoms with Crippen molar-refractivity contribution >= 4 is 17.7 Å². The number of carbonyl (C=O) groups is 1. The van der Waals surface area contributed by atoms with E-state index in [-0.39, 0.29) is 28.4 Å². The first-order chi connectivity index (χ1) is 23.5. The Morgan fingerprint density at radius 1 is 0.980 bits per heavy atom. The number of rotatable bonds is 13. The summed E-state index contributed by atoms with van der Waals surface area (Å²) in [5, 5.41) is 3.98. The number of nitrogens with one attached hydrogen (secondary N) is 1. The molecular weight excluding hydrogens is 663 g/mol. The van der Waals surface area contributed by atoms with Crippen LogP contribution in [0.15, 0.2) is 76.6 Å². The quantitative estimate of drug-likeness (QED) is 0.0858. The molecule has 3 aromatic carbocycles. The second-order valence-electron chi connectivity index (χ2n) is 11.8. The summed E-state index contributed by atoms with van der Waals surface area (Å²) >= 11 is 1.31. The molecule has 0 saturated carbocycles. The maximum absolute atomic E-state index is 15.8. The fourth-order valence-corrected chi connectivity index (χ4v) is 7.83. The molecule has 1 aliphatic heterocycles. The van der Waals surface area contributed by atoms with Gasteiger partial charge in [-0.15, -0.1) is 11.8 Å². The van der Waals surface area contributed by atoms with Gasteiger partial charge in [-0.3, -0.25) is 14.2 Å². The van der Waals surface area contributed by atoms with Gasteiger partial charge in [-0.1, -0.05) is 55.0 Å². The Hall–Kier alpha value is -4.16. The number of benzene rings is 3. The molecule has 1 aromatic heterocycles. The van der Waals surface area contributed by atoms with Crippen molar-refractivity contribution in [2.75, 3.05) is 26.5 Å². The van der Waals surface area contributed by atoms with Crippen molar-refractivity contribution in [2.45, 2.75) is 62.3 Å². The smallest absolute Gasteiger partial charge is 0.416 e. The zero-order valence-corrected chi connectivity index (χ0v) is 28.2. The zero-order valence-electron chi connectivity index (χ0n) is 27.3. The zero-order chi connectivity index (χ0) is 35.3. The number of hydrogen-bond donors (Lipinski definition) is 1. The number of ether oxygens (including phenoxy) is 2. The van der Waals surface area contributed by atoms with E-state index in [0.29, 0.717) is 35.7 Å². The van der Waals surface area contributed by atoms with Gasteiger partial charge in [0.2, 0.25) is 0 Å². The van der Waals surface area contributed by atoms with Gasteiger partial charge in [0.1, 0.15) is 5.82 Å². The number of hydrogen-bond acceptors (Lipinski definition) is 6. The number of carbonyl (C=O) groups excluding carboxylic acids is 1. The van der Waals surface area contributed by atoms with Crippen LogP contribution in [0, 0.1) is 18.6 Å². The Kier molecular flexibility index (Phi) is 11.5. The van der Waals surface area contributed by atoms with Crippen molar-refractivity contribution in [3.05, 3.63) is 117 Å². The van der Waals surface area contributed by atoms with E-state index in [1.54, 1.807) is 6.92 Å². The van der Waals surface area contributed by atoms with Crippen LogP contribution in [0.3, 0.4) is 0 Å². The molecule has 4 aromatic rings. The first-order valence-electron chi connectivity index (χ1n) is 15.9. The van der Waals surface area contributed by atoms with Crippen molar-refractivity contribution in [2.24, 2.45) is 0 Å². The van der Waals surface area contributed by atoms with E-state index in [1.807, 2.05) is 30.3 Å². The Morgan fingerprint density at radius 2 is 1.71 bits per heavy atom. The van der Waals surface area contributed by atoms with Crippen LogP contribution < -0.4 is 15.6 Å². The van der Waals surface area contributed by atoms with Gasteiger partial charge in [-0.25, -0.2) is 8.78 Å². The second-order valence-corrected chi connectivity index (χ2v) is 12.8. The summed E-state index contributed by atoms with van der Waals surface area (Å²) in [6.45, 7) is 2.11. The van der Waals surface area contributed by atoms with Crippen molar-refractivity contribution in [1.82, 2.24) is 9.88 Å². The lowest BCUT2D eigenvalue weighted by Gasteiger charge is -2.28. The number of alkyl halides is 3. The highest BCUT2D eigenvalue weighted by atomic mass is 32.2. The van der Waals surface area contributed by atoms with Gasteiger partial charge in [-0.05, 0) is 61.2 Å². The van der Waals surface area contributed by atoms with Crippen LogP contribution in [-0.2, 0) is 22.1 Å². The minimum atomic E-state index is -4.82. The molecule has 0 radical (unpaired) electrons. The molecule has 12 heteroatoms. The van der Waals surface area contributed by atoms with Crippen LogP contribution in [0.5, 0.6) is 5.75 Å². The molecule has 2 unspecified atom stereocenters. The monoisotopic (exact) mass is 700 g/mol. The molecule has 0 amide bonds. The highest BCUT2D eigenvalue weighted by Gasteiger charge is 2.38. The molecule has 0 saturated heterocycles. The summed E-state index contributed by atoms with van der Waals surface area (Å²) in [5.74, 6) is -1.81. The third kappa shape index (κ3) is 7.70. The summed E-state index contributed by atoms with van der Waals surface area (Å²) in [4.78, 5) is 26.1. The third-order valence-electron chi connectivity index (χ3n) is 8.88. The predicted octanol–water partition coefficient (Wildman–Crippen LogP) is 8.43. The van der Waals surface area contributed by atoms with Gasteiger partial charge < -0.3 is 14.8 Å². The van der Waals surface area contributed by atoms with Crippen molar-refractivity contribution in [3.8, 4) is 16.9 Å². The molecule has 0 fully saturated rings. The molecule has 260 valence electrons. The van der Waals surface area contributed by atoms with E-state index in [4.69, 9.17) is 9.47 Å². The lowest BCUT2D eigenvalue weighted by Crippen LogP contribution is -2.36. The largest absolute Gasteiger partial charge is 0.494 e. The first-order valence-corrected chi connectivity index (χ1v) is 16.9. The van der Waals surface area contributed by atoms with Crippen LogP contribution in [0.1, 0.15) is 65.6 Å². The highest BCUT2D eigenvalue weighted by Crippen LogP contribution is 2.45. The fraction of sp³-hybridized carbons (Fsp3) is 0.351. The Balaban J connectivity index is 1.65. The summed E-state index contributed by atoms with van der Waals surface area (Å²) in [6.07, 6.45) is -2.84. The maximum atomic E-state index is 15.8. The molecule has 49 heavy (non-hydrogen) atoms. The molecule has 0 bridgehead atoms. The second kappa shape index (κ2) is 15.6. The van der Waals surface area contributed by atoms with Gasteiger partial charge in [0.25, 0.3) is 5.56 Å². The number of fused-ring (bicyclic) bond motifs is 1. The standard InChI is InChI=1S/C37H37F5N2O4S/c1-22-25(20-26-27(37(40,41)42)15-11-16-28(26)38)36-44(35(46)32(22)24-14-10-17-30(47-2)33(24)39)29(21-49-36)34(23-12-6-4-7-13-23)43-19-9-5-8-18-31(45)48-3/h4,6-7,10-17,29,34,43H,5,8-9,18-21H2,1-3H3. The first kappa shape index (κ1) is 36.1. The summed E-state index contributed by atoms with van der Waals surface area (Å²) in [7, 11) is 2.64. The van der Waals surface area contributed by atoms with Crippen LogP contribution in [0.4, 0.5) is 22.0 Å². The van der Waals surface area contributed by atoms with E-state index >= 15 is 8.78 Å². The van der Waals surface area contributed by atoms with E-state index < -0.39 is 53.0 Å². The van der Waals surface area contributed by atoms with Gasteiger partial charge in [0.15, 0.2) is 11.6 Å². The normalized spacial score (nSPS) is 14.8. The van der Waals surface area contributed by atoms with Crippen LogP contribution in [0.25, 0.3) is 11.1 Å². The van der Waals surface area contributed by atoms with Gasteiger partial charge in [-0.2, -0.15) is 13.2 Å². The Bertz CT molecular complexity index is 1860. The van der Waals surface area contributed by atoms with Crippen LogP contribution >= 0.6 is 11.8 Å². The summed E-state index contributed by atoms with van der Waals surface area (Å²) in [5.41, 5.74) is -0.796. The van der Waals surface area contributed by atoms with E-state index in [0.717, 1.165) is 36.6 Å². The maximum Gasteiger partial charge on any atom is 0.416 e. The number of esters is 1. The van der Waals surface area contributed by atoms with E-state index in [2.05, 4.69) is 5.32 Å². The molecule has 6 nitrogen and oxygen atoms in total. The molecule has 2 atom stereocenters. The molecule has 0 spiro atoms. The average Bonchev–Trinajstić information content (AvgIpc) is 3.52. The topological polar surface area (TPSA) is 69.6 Å². The molecular formula is C37H37F5N2O4S. The molecule has 1 N–H and O–H groups in total. The minimum absolute atomic E-state index is 0.0258. The third-order valence-corrected chi connectivity index (χ3v) is 10.1. The Morgan fingerprint density at radius 3 is 2.41 bits per heavy atom. The van der Waals surface area contributed by atoms with E-state index in [1.165, 1.54) is 48.7 Å². The molecule has 0 aliphatic carbocycles. The van der Waals surface area contributed by atoms with Crippen molar-refractivity contribution < 1.29 is 36.2 Å². The SMILES string of the molecule is COC(=O)CCCCCNC(c1ccccc1)C1CSc2c(Cc3c(F)cccc3C(F)(F)F)c(C)c(-c3cccc(OC)c3F)c(=O)n21. The average molecular weight is 701 g/mol. The van der Waals surface area contributed by atoms with Crippen LogP contribution in [0.2, 0.25) is 0 Å². The van der Waals surface area contributed by atoms with E-state index in [9.17, 15) is 22.8 Å². The fourth-order valence-electron chi connectivity index (χ4n) is 6.41. The molecule has 5 rings (SSSR count). The molecule has 2 heterocycles. The lowest BCUT2D eigenvalue weighted by atomic mass is 9.91. The number of halogens is 5.